The second-order valence-corrected chi connectivity index (χ2v) is 8.83. The van der Waals surface area contributed by atoms with Gasteiger partial charge in [-0.15, -0.1) is 0 Å². The quantitative estimate of drug-likeness (QED) is 0.799. The highest BCUT2D eigenvalue weighted by Crippen LogP contribution is 2.33. The van der Waals surface area contributed by atoms with E-state index in [0.717, 1.165) is 24.8 Å². The van der Waals surface area contributed by atoms with Gasteiger partial charge in [0.25, 0.3) is 5.91 Å². The fourth-order valence-electron chi connectivity index (χ4n) is 2.85. The lowest BCUT2D eigenvalue weighted by atomic mass is 9.97. The van der Waals surface area contributed by atoms with Crippen molar-refractivity contribution in [2.45, 2.75) is 63.9 Å². The van der Waals surface area contributed by atoms with Gasteiger partial charge in [0.15, 0.2) is 9.84 Å². The molecule has 5 heteroatoms. The van der Waals surface area contributed by atoms with Gasteiger partial charge in [-0.05, 0) is 50.3 Å². The van der Waals surface area contributed by atoms with E-state index < -0.39 is 9.84 Å². The van der Waals surface area contributed by atoms with Crippen LogP contribution in [-0.4, -0.2) is 37.6 Å². The number of benzene rings is 1. The number of sulfone groups is 1. The van der Waals surface area contributed by atoms with E-state index in [4.69, 9.17) is 0 Å². The predicted molar refractivity (Wildman–Crippen MR) is 92.4 cm³/mol. The smallest absolute Gasteiger partial charge is 0.254 e. The first-order chi connectivity index (χ1) is 10.7. The molecule has 0 heterocycles. The van der Waals surface area contributed by atoms with E-state index in [1.54, 1.807) is 12.1 Å². The molecular formula is C18H27NO3S. The maximum Gasteiger partial charge on any atom is 0.254 e. The molecule has 0 N–H and O–H groups in total. The van der Waals surface area contributed by atoms with E-state index in [2.05, 4.69) is 20.8 Å². The maximum atomic E-state index is 13.1. The minimum absolute atomic E-state index is 0.0386. The molecule has 0 saturated heterocycles. The standard InChI is InChI=1S/C18H27NO3S/c1-6-12(2)14(4)19(15-8-9-15)18(20)17-11-16(23(5,21)22)10-7-13(17)3/h7,10-12,14-15H,6,8-9H2,1-5H3/t12-,14-/m1/s1. The Morgan fingerprint density at radius 3 is 2.39 bits per heavy atom. The Hall–Kier alpha value is -1.36. The van der Waals surface area contributed by atoms with Crippen LogP contribution in [0.2, 0.25) is 0 Å². The van der Waals surface area contributed by atoms with Crippen LogP contribution in [0.25, 0.3) is 0 Å². The number of nitrogens with zero attached hydrogens (tertiary/aromatic N) is 1. The summed E-state index contributed by atoms with van der Waals surface area (Å²) in [5, 5.41) is 0. The molecule has 23 heavy (non-hydrogen) atoms. The highest BCUT2D eigenvalue weighted by atomic mass is 32.2. The van der Waals surface area contributed by atoms with Crippen molar-refractivity contribution in [3.63, 3.8) is 0 Å². The average molecular weight is 337 g/mol. The van der Waals surface area contributed by atoms with Crippen LogP contribution in [0.3, 0.4) is 0 Å². The zero-order valence-corrected chi connectivity index (χ0v) is 15.5. The minimum Gasteiger partial charge on any atom is -0.333 e. The molecule has 1 aromatic rings. The molecule has 1 saturated carbocycles. The third-order valence-corrected chi connectivity index (χ3v) is 6.06. The van der Waals surface area contributed by atoms with Crippen molar-refractivity contribution in [1.82, 2.24) is 4.90 Å². The summed E-state index contributed by atoms with van der Waals surface area (Å²) in [6, 6.07) is 5.28. The number of carbonyl (C=O) groups excluding carboxylic acids is 1. The fraction of sp³-hybridized carbons (Fsp3) is 0.611. The largest absolute Gasteiger partial charge is 0.333 e. The van der Waals surface area contributed by atoms with Gasteiger partial charge in [-0.25, -0.2) is 8.42 Å². The highest BCUT2D eigenvalue weighted by Gasteiger charge is 2.38. The SMILES string of the molecule is CC[C@@H](C)[C@@H](C)N(C(=O)c1cc(S(C)(=O)=O)ccc1C)C1CC1. The summed E-state index contributed by atoms with van der Waals surface area (Å²) in [5.74, 6) is 0.376. The molecule has 0 aliphatic heterocycles. The molecule has 0 unspecified atom stereocenters. The second-order valence-electron chi connectivity index (χ2n) is 6.82. The minimum atomic E-state index is -3.32. The Morgan fingerprint density at radius 1 is 1.30 bits per heavy atom. The molecule has 2 atom stereocenters. The molecule has 1 aliphatic rings. The van der Waals surface area contributed by atoms with Crippen LogP contribution in [-0.2, 0) is 9.84 Å². The lowest BCUT2D eigenvalue weighted by molar-refractivity contribution is 0.0614. The Kier molecular flexibility index (Phi) is 5.19. The van der Waals surface area contributed by atoms with Gasteiger partial charge in [-0.3, -0.25) is 4.79 Å². The molecule has 0 spiro atoms. The number of hydrogen-bond acceptors (Lipinski definition) is 3. The zero-order chi connectivity index (χ0) is 17.4. The Balaban J connectivity index is 2.41. The van der Waals surface area contributed by atoms with Gasteiger partial charge in [0.05, 0.1) is 4.90 Å². The van der Waals surface area contributed by atoms with E-state index in [9.17, 15) is 13.2 Å². The van der Waals surface area contributed by atoms with Crippen molar-refractivity contribution in [3.8, 4) is 0 Å². The first-order valence-corrected chi connectivity index (χ1v) is 10.2. The molecule has 4 nitrogen and oxygen atoms in total. The number of hydrogen-bond donors (Lipinski definition) is 0. The van der Waals surface area contributed by atoms with Crippen LogP contribution in [0, 0.1) is 12.8 Å². The van der Waals surface area contributed by atoms with Crippen molar-refractivity contribution in [2.75, 3.05) is 6.26 Å². The third-order valence-electron chi connectivity index (χ3n) is 4.95. The molecule has 1 aromatic carbocycles. The van der Waals surface area contributed by atoms with Gasteiger partial charge in [-0.2, -0.15) is 0 Å². The van der Waals surface area contributed by atoms with Gasteiger partial charge >= 0.3 is 0 Å². The third kappa shape index (κ3) is 3.94. The molecule has 2 rings (SSSR count). The summed E-state index contributed by atoms with van der Waals surface area (Å²) < 4.78 is 23.6. The summed E-state index contributed by atoms with van der Waals surface area (Å²) in [6.07, 6.45) is 4.26. The average Bonchev–Trinajstić information content (AvgIpc) is 3.30. The first-order valence-electron chi connectivity index (χ1n) is 8.30. The van der Waals surface area contributed by atoms with Gasteiger partial charge in [0.1, 0.15) is 0 Å². The maximum absolute atomic E-state index is 13.1. The van der Waals surface area contributed by atoms with Crippen LogP contribution < -0.4 is 0 Å². The molecule has 0 aromatic heterocycles. The Bertz CT molecular complexity index is 692. The molecule has 1 amide bonds. The summed E-state index contributed by atoms with van der Waals surface area (Å²) in [7, 11) is -3.32. The van der Waals surface area contributed by atoms with Crippen molar-refractivity contribution in [2.24, 2.45) is 5.92 Å². The molecule has 0 radical (unpaired) electrons. The number of aryl methyl sites for hydroxylation is 1. The molecule has 0 bridgehead atoms. The number of rotatable bonds is 6. The molecule has 128 valence electrons. The molecule has 1 fully saturated rings. The highest BCUT2D eigenvalue weighted by molar-refractivity contribution is 7.90. The number of amides is 1. The van der Waals surface area contributed by atoms with Gasteiger partial charge in [0.2, 0.25) is 0 Å². The van der Waals surface area contributed by atoms with Crippen LogP contribution in [0.5, 0.6) is 0 Å². The topological polar surface area (TPSA) is 54.5 Å². The predicted octanol–water partition coefficient (Wildman–Crippen LogP) is 3.44. The Labute approximate surface area is 139 Å². The van der Waals surface area contributed by atoms with Crippen LogP contribution in [0.4, 0.5) is 0 Å². The van der Waals surface area contributed by atoms with Crippen LogP contribution in [0.1, 0.15) is 56.0 Å². The van der Waals surface area contributed by atoms with E-state index >= 15 is 0 Å². The van der Waals surface area contributed by atoms with Crippen molar-refractivity contribution in [3.05, 3.63) is 29.3 Å². The van der Waals surface area contributed by atoms with Crippen LogP contribution in [0.15, 0.2) is 23.1 Å². The lowest BCUT2D eigenvalue weighted by Crippen LogP contribution is -2.43. The Morgan fingerprint density at radius 2 is 1.91 bits per heavy atom. The van der Waals surface area contributed by atoms with E-state index in [1.165, 1.54) is 12.3 Å². The lowest BCUT2D eigenvalue weighted by Gasteiger charge is -2.33. The van der Waals surface area contributed by atoms with E-state index in [0.29, 0.717) is 17.5 Å². The van der Waals surface area contributed by atoms with Gasteiger partial charge < -0.3 is 4.90 Å². The normalized spacial score (nSPS) is 17.6. The van der Waals surface area contributed by atoms with Crippen molar-refractivity contribution >= 4 is 15.7 Å². The second kappa shape index (κ2) is 6.63. The summed E-state index contributed by atoms with van der Waals surface area (Å²) in [4.78, 5) is 15.3. The monoisotopic (exact) mass is 337 g/mol. The number of carbonyl (C=O) groups is 1. The fourth-order valence-corrected chi connectivity index (χ4v) is 3.50. The summed E-state index contributed by atoms with van der Waals surface area (Å²) >= 11 is 0. The van der Waals surface area contributed by atoms with E-state index in [1.807, 2.05) is 11.8 Å². The molecule has 1 aliphatic carbocycles. The summed E-state index contributed by atoms with van der Waals surface area (Å²) in [5.41, 5.74) is 1.33. The molecular weight excluding hydrogens is 310 g/mol. The van der Waals surface area contributed by atoms with Crippen molar-refractivity contribution in [1.29, 1.82) is 0 Å². The first kappa shape index (κ1) is 18.0. The zero-order valence-electron chi connectivity index (χ0n) is 14.7. The van der Waals surface area contributed by atoms with Gasteiger partial charge in [0, 0.05) is 23.9 Å². The van der Waals surface area contributed by atoms with Crippen molar-refractivity contribution < 1.29 is 13.2 Å². The van der Waals surface area contributed by atoms with E-state index in [-0.39, 0.29) is 16.8 Å². The van der Waals surface area contributed by atoms with Crippen LogP contribution >= 0.6 is 0 Å². The van der Waals surface area contributed by atoms with Gasteiger partial charge in [-0.1, -0.05) is 26.3 Å². The summed E-state index contributed by atoms with van der Waals surface area (Å²) in [6.45, 7) is 8.25.